The topological polar surface area (TPSA) is 55.1 Å². The Labute approximate surface area is 102 Å². The molecule has 0 amide bonds. The van der Waals surface area contributed by atoms with Crippen molar-refractivity contribution >= 4 is 5.97 Å². The van der Waals surface area contributed by atoms with Gasteiger partial charge < -0.3 is 9.67 Å². The molecule has 0 saturated heterocycles. The summed E-state index contributed by atoms with van der Waals surface area (Å²) in [4.78, 5) is 15.5. The highest BCUT2D eigenvalue weighted by molar-refractivity contribution is 5.83. The monoisotopic (exact) mass is 236 g/mol. The maximum atomic E-state index is 11.2. The number of rotatable bonds is 2. The van der Waals surface area contributed by atoms with Crippen molar-refractivity contribution < 1.29 is 9.90 Å². The highest BCUT2D eigenvalue weighted by atomic mass is 16.4. The van der Waals surface area contributed by atoms with Gasteiger partial charge in [0.25, 0.3) is 0 Å². The van der Waals surface area contributed by atoms with E-state index in [1.165, 1.54) is 12.8 Å². The van der Waals surface area contributed by atoms with Crippen molar-refractivity contribution in [3.05, 3.63) is 17.7 Å². The molecule has 4 heteroatoms. The summed E-state index contributed by atoms with van der Waals surface area (Å²) >= 11 is 0. The van der Waals surface area contributed by atoms with Crippen LogP contribution in [0.2, 0.25) is 0 Å². The first kappa shape index (κ1) is 12.1. The molecule has 1 saturated carbocycles. The standard InChI is InChI=1S/C13H20N2O2/c1-13(2,3)10-8-15(9-6-4-5-7-9)11(14-10)12(16)17/h8-9H,4-7H2,1-3H3,(H,16,17). The van der Waals surface area contributed by atoms with E-state index in [0.717, 1.165) is 18.5 Å². The molecule has 0 aromatic carbocycles. The maximum absolute atomic E-state index is 11.2. The molecule has 17 heavy (non-hydrogen) atoms. The predicted molar refractivity (Wildman–Crippen MR) is 65.4 cm³/mol. The molecule has 1 aromatic heterocycles. The molecule has 4 nitrogen and oxygen atoms in total. The van der Waals surface area contributed by atoms with Gasteiger partial charge in [0.1, 0.15) is 0 Å². The van der Waals surface area contributed by atoms with Gasteiger partial charge in [-0.3, -0.25) is 0 Å². The molecule has 1 N–H and O–H groups in total. The number of carboxylic acids is 1. The second-order valence-electron chi connectivity index (χ2n) is 5.85. The number of hydrogen-bond acceptors (Lipinski definition) is 2. The van der Waals surface area contributed by atoms with Crippen molar-refractivity contribution in [2.45, 2.75) is 57.9 Å². The van der Waals surface area contributed by atoms with Crippen LogP contribution >= 0.6 is 0 Å². The molecule has 0 radical (unpaired) electrons. The molecular weight excluding hydrogens is 216 g/mol. The second-order valence-corrected chi connectivity index (χ2v) is 5.85. The van der Waals surface area contributed by atoms with Crippen LogP contribution in [0, 0.1) is 0 Å². The molecule has 0 aliphatic heterocycles. The van der Waals surface area contributed by atoms with Crippen molar-refractivity contribution in [1.29, 1.82) is 0 Å². The fraction of sp³-hybridized carbons (Fsp3) is 0.692. The molecule has 94 valence electrons. The average molecular weight is 236 g/mol. The summed E-state index contributed by atoms with van der Waals surface area (Å²) in [5.41, 5.74) is 0.760. The van der Waals surface area contributed by atoms with Gasteiger partial charge in [-0.1, -0.05) is 33.6 Å². The molecule has 1 aliphatic carbocycles. The van der Waals surface area contributed by atoms with E-state index < -0.39 is 5.97 Å². The SMILES string of the molecule is CC(C)(C)c1cn(C2CCCC2)c(C(=O)O)n1. The summed E-state index contributed by atoms with van der Waals surface area (Å²) in [7, 11) is 0. The molecule has 0 spiro atoms. The van der Waals surface area contributed by atoms with Gasteiger partial charge in [-0.25, -0.2) is 9.78 Å². The minimum absolute atomic E-state index is 0.103. The first-order valence-corrected chi connectivity index (χ1v) is 6.22. The molecule has 1 heterocycles. The third-order valence-electron chi connectivity index (χ3n) is 3.41. The number of nitrogens with zero attached hydrogens (tertiary/aromatic N) is 2. The Hall–Kier alpha value is -1.32. The highest BCUT2D eigenvalue weighted by Gasteiger charge is 2.27. The van der Waals surface area contributed by atoms with E-state index in [1.54, 1.807) is 0 Å². The molecule has 1 aromatic rings. The lowest BCUT2D eigenvalue weighted by molar-refractivity contribution is 0.0675. The van der Waals surface area contributed by atoms with Crippen LogP contribution in [-0.2, 0) is 5.41 Å². The first-order valence-electron chi connectivity index (χ1n) is 6.22. The summed E-state index contributed by atoms with van der Waals surface area (Å²) in [5, 5.41) is 9.22. The third-order valence-corrected chi connectivity index (χ3v) is 3.41. The maximum Gasteiger partial charge on any atom is 0.372 e. The Morgan fingerprint density at radius 2 is 2.00 bits per heavy atom. The van der Waals surface area contributed by atoms with Gasteiger partial charge in [-0.05, 0) is 12.8 Å². The van der Waals surface area contributed by atoms with E-state index in [1.807, 2.05) is 10.8 Å². The van der Waals surface area contributed by atoms with Crippen LogP contribution in [0.4, 0.5) is 0 Å². The van der Waals surface area contributed by atoms with Crippen LogP contribution in [0.3, 0.4) is 0 Å². The predicted octanol–water partition coefficient (Wildman–Crippen LogP) is 2.99. The number of carboxylic acid groups (broad SMARTS) is 1. The lowest BCUT2D eigenvalue weighted by Gasteiger charge is -2.15. The Morgan fingerprint density at radius 1 is 1.41 bits per heavy atom. The largest absolute Gasteiger partial charge is 0.475 e. The Kier molecular flexibility index (Phi) is 2.98. The lowest BCUT2D eigenvalue weighted by Crippen LogP contribution is -2.13. The van der Waals surface area contributed by atoms with Crippen LogP contribution in [0.25, 0.3) is 0 Å². The van der Waals surface area contributed by atoms with Gasteiger partial charge in [0.05, 0.1) is 5.69 Å². The minimum atomic E-state index is -0.924. The Morgan fingerprint density at radius 3 is 2.47 bits per heavy atom. The molecule has 0 bridgehead atoms. The normalized spacial score (nSPS) is 17.6. The van der Waals surface area contributed by atoms with E-state index in [9.17, 15) is 9.90 Å². The quantitative estimate of drug-likeness (QED) is 0.858. The average Bonchev–Trinajstić information content (AvgIpc) is 2.85. The second kappa shape index (κ2) is 4.17. The number of aromatic nitrogens is 2. The number of hydrogen-bond donors (Lipinski definition) is 1. The Balaban J connectivity index is 2.42. The van der Waals surface area contributed by atoms with Crippen LogP contribution in [0.15, 0.2) is 6.20 Å². The number of aromatic carboxylic acids is 1. The lowest BCUT2D eigenvalue weighted by atomic mass is 9.93. The zero-order chi connectivity index (χ0) is 12.6. The number of carbonyl (C=O) groups is 1. The molecule has 2 rings (SSSR count). The van der Waals surface area contributed by atoms with Crippen molar-refractivity contribution in [3.63, 3.8) is 0 Å². The molecular formula is C13H20N2O2. The van der Waals surface area contributed by atoms with Gasteiger partial charge >= 0.3 is 5.97 Å². The fourth-order valence-corrected chi connectivity index (χ4v) is 2.37. The smallest absolute Gasteiger partial charge is 0.372 e. The molecule has 0 unspecified atom stereocenters. The van der Waals surface area contributed by atoms with Crippen LogP contribution in [-0.4, -0.2) is 20.6 Å². The summed E-state index contributed by atoms with van der Waals surface area (Å²) in [6.07, 6.45) is 6.44. The zero-order valence-electron chi connectivity index (χ0n) is 10.7. The summed E-state index contributed by atoms with van der Waals surface area (Å²) in [6, 6.07) is 0.324. The molecule has 0 atom stereocenters. The molecule has 1 aliphatic rings. The van der Waals surface area contributed by atoms with Crippen molar-refractivity contribution in [2.24, 2.45) is 0 Å². The first-order chi connectivity index (χ1) is 7.89. The van der Waals surface area contributed by atoms with Crippen molar-refractivity contribution in [2.75, 3.05) is 0 Å². The van der Waals surface area contributed by atoms with Gasteiger partial charge in [-0.15, -0.1) is 0 Å². The molecule has 1 fully saturated rings. The number of imidazole rings is 1. The van der Waals surface area contributed by atoms with Crippen molar-refractivity contribution in [1.82, 2.24) is 9.55 Å². The van der Waals surface area contributed by atoms with Crippen LogP contribution in [0.1, 0.15) is 68.8 Å². The minimum Gasteiger partial charge on any atom is -0.475 e. The van der Waals surface area contributed by atoms with E-state index in [2.05, 4.69) is 25.8 Å². The summed E-state index contributed by atoms with van der Waals surface area (Å²) in [5.74, 6) is -0.728. The zero-order valence-corrected chi connectivity index (χ0v) is 10.7. The van der Waals surface area contributed by atoms with Crippen LogP contribution in [0.5, 0.6) is 0 Å². The van der Waals surface area contributed by atoms with E-state index in [0.29, 0.717) is 6.04 Å². The van der Waals surface area contributed by atoms with E-state index in [4.69, 9.17) is 0 Å². The summed E-state index contributed by atoms with van der Waals surface area (Å²) < 4.78 is 1.87. The van der Waals surface area contributed by atoms with Gasteiger partial charge in [0.15, 0.2) is 0 Å². The van der Waals surface area contributed by atoms with E-state index in [-0.39, 0.29) is 11.2 Å². The highest BCUT2D eigenvalue weighted by Crippen LogP contribution is 2.32. The van der Waals surface area contributed by atoms with Gasteiger partial charge in [0.2, 0.25) is 5.82 Å². The summed E-state index contributed by atoms with van der Waals surface area (Å²) in [6.45, 7) is 6.17. The van der Waals surface area contributed by atoms with Crippen molar-refractivity contribution in [3.8, 4) is 0 Å². The van der Waals surface area contributed by atoms with Gasteiger partial charge in [-0.2, -0.15) is 0 Å². The third kappa shape index (κ3) is 2.35. The Bertz CT molecular complexity index is 423. The van der Waals surface area contributed by atoms with Gasteiger partial charge in [0, 0.05) is 17.7 Å². The van der Waals surface area contributed by atoms with Crippen LogP contribution < -0.4 is 0 Å². The fourth-order valence-electron chi connectivity index (χ4n) is 2.37. The van der Waals surface area contributed by atoms with E-state index >= 15 is 0 Å².